The molecule has 0 saturated heterocycles. The summed E-state index contributed by atoms with van der Waals surface area (Å²) in [5, 5.41) is 5.28. The van der Waals surface area contributed by atoms with Gasteiger partial charge in [0.1, 0.15) is 0 Å². The average Bonchev–Trinajstić information content (AvgIpc) is 2.50. The van der Waals surface area contributed by atoms with E-state index in [-0.39, 0.29) is 17.1 Å². The molecule has 0 aromatic heterocycles. The molecule has 1 amide bonds. The minimum atomic E-state index is -4.59. The highest BCUT2D eigenvalue weighted by molar-refractivity contribution is 6.30. The van der Waals surface area contributed by atoms with E-state index in [1.807, 2.05) is 31.2 Å². The number of hydrogen-bond acceptors (Lipinski definition) is 2. The Hall–Kier alpha value is -2.21. The van der Waals surface area contributed by atoms with Crippen LogP contribution < -0.4 is 10.6 Å². The number of benzene rings is 2. The van der Waals surface area contributed by atoms with E-state index in [0.29, 0.717) is 6.54 Å². The number of alkyl halides is 3. The molecule has 0 saturated carbocycles. The van der Waals surface area contributed by atoms with Crippen LogP contribution in [-0.2, 0) is 11.0 Å². The van der Waals surface area contributed by atoms with Gasteiger partial charge in [0.2, 0.25) is 5.91 Å². The van der Waals surface area contributed by atoms with Crippen molar-refractivity contribution < 1.29 is 18.0 Å². The fourth-order valence-corrected chi connectivity index (χ4v) is 2.24. The summed E-state index contributed by atoms with van der Waals surface area (Å²) in [6.07, 6.45) is -4.55. The van der Waals surface area contributed by atoms with E-state index >= 15 is 0 Å². The Labute approximate surface area is 142 Å². The van der Waals surface area contributed by atoms with Crippen LogP contribution in [0.4, 0.5) is 24.5 Å². The van der Waals surface area contributed by atoms with Crippen molar-refractivity contribution >= 4 is 28.9 Å². The number of nitrogens with one attached hydrogen (secondary N) is 2. The number of hydrogen-bond donors (Lipinski definition) is 2. The summed E-state index contributed by atoms with van der Waals surface area (Å²) in [5.41, 5.74) is 0.693. The number of amides is 1. The van der Waals surface area contributed by atoms with Gasteiger partial charge >= 0.3 is 6.18 Å². The molecule has 0 heterocycles. The maximum absolute atomic E-state index is 13.0. The molecule has 7 heteroatoms. The van der Waals surface area contributed by atoms with Gasteiger partial charge in [0.05, 0.1) is 11.3 Å². The lowest BCUT2D eigenvalue weighted by molar-refractivity contribution is -0.137. The third-order valence-corrected chi connectivity index (χ3v) is 3.53. The van der Waals surface area contributed by atoms with E-state index in [1.165, 1.54) is 6.07 Å². The fraction of sp³-hybridized carbons (Fsp3) is 0.235. The zero-order valence-electron chi connectivity index (χ0n) is 12.9. The van der Waals surface area contributed by atoms with Gasteiger partial charge in [0.25, 0.3) is 0 Å². The van der Waals surface area contributed by atoms with E-state index in [2.05, 4.69) is 10.6 Å². The van der Waals surface area contributed by atoms with Crippen molar-refractivity contribution in [2.45, 2.75) is 19.5 Å². The zero-order valence-corrected chi connectivity index (χ0v) is 13.6. The summed E-state index contributed by atoms with van der Waals surface area (Å²) < 4.78 is 38.9. The van der Waals surface area contributed by atoms with Crippen molar-refractivity contribution in [2.24, 2.45) is 0 Å². The summed E-state index contributed by atoms with van der Waals surface area (Å²) in [6.45, 7) is 2.27. The smallest absolute Gasteiger partial charge is 0.385 e. The number of carbonyl (C=O) groups is 1. The molecule has 2 rings (SSSR count). The lowest BCUT2D eigenvalue weighted by Gasteiger charge is -2.14. The maximum atomic E-state index is 13.0. The van der Waals surface area contributed by atoms with Gasteiger partial charge in [-0.05, 0) is 37.3 Å². The van der Waals surface area contributed by atoms with Gasteiger partial charge in [-0.1, -0.05) is 29.3 Å². The summed E-state index contributed by atoms with van der Waals surface area (Å²) in [4.78, 5) is 11.9. The van der Waals surface area contributed by atoms with Crippen molar-refractivity contribution in [1.82, 2.24) is 0 Å². The number of anilines is 2. The van der Waals surface area contributed by atoms with Gasteiger partial charge in [0.15, 0.2) is 0 Å². The normalized spacial score (nSPS) is 11.2. The van der Waals surface area contributed by atoms with Crippen molar-refractivity contribution in [3.8, 4) is 0 Å². The van der Waals surface area contributed by atoms with Crippen LogP contribution in [0.2, 0.25) is 5.02 Å². The Morgan fingerprint density at radius 2 is 1.79 bits per heavy atom. The highest BCUT2D eigenvalue weighted by atomic mass is 35.5. The molecule has 2 aromatic carbocycles. The quantitative estimate of drug-likeness (QED) is 0.781. The van der Waals surface area contributed by atoms with Crippen molar-refractivity contribution in [1.29, 1.82) is 0 Å². The van der Waals surface area contributed by atoms with Gasteiger partial charge in [0, 0.05) is 23.7 Å². The second-order valence-corrected chi connectivity index (χ2v) is 5.72. The summed E-state index contributed by atoms with van der Waals surface area (Å²) >= 11 is 5.60. The third-order valence-electron chi connectivity index (χ3n) is 3.29. The lowest BCUT2D eigenvalue weighted by atomic mass is 10.1. The van der Waals surface area contributed by atoms with Crippen LogP contribution >= 0.6 is 11.6 Å². The van der Waals surface area contributed by atoms with Crippen LogP contribution in [0.25, 0.3) is 0 Å². The average molecular weight is 357 g/mol. The first-order valence-corrected chi connectivity index (χ1v) is 7.60. The molecule has 0 spiro atoms. The molecule has 0 radical (unpaired) electrons. The predicted molar refractivity (Wildman–Crippen MR) is 89.4 cm³/mol. The van der Waals surface area contributed by atoms with Crippen LogP contribution in [-0.4, -0.2) is 12.5 Å². The van der Waals surface area contributed by atoms with Crippen LogP contribution in [0.15, 0.2) is 42.5 Å². The van der Waals surface area contributed by atoms with E-state index in [1.54, 1.807) is 0 Å². The molecule has 3 nitrogen and oxygen atoms in total. The molecule has 0 atom stereocenters. The highest BCUT2D eigenvalue weighted by Crippen LogP contribution is 2.36. The minimum Gasteiger partial charge on any atom is -0.385 e. The Morgan fingerprint density at radius 1 is 1.12 bits per heavy atom. The molecule has 0 aliphatic heterocycles. The van der Waals surface area contributed by atoms with Crippen LogP contribution in [0, 0.1) is 6.92 Å². The van der Waals surface area contributed by atoms with E-state index < -0.39 is 17.6 Å². The van der Waals surface area contributed by atoms with E-state index in [0.717, 1.165) is 23.4 Å². The predicted octanol–water partition coefficient (Wildman–Crippen LogP) is 5.11. The Balaban J connectivity index is 1.94. The van der Waals surface area contributed by atoms with Crippen molar-refractivity contribution in [3.05, 3.63) is 58.6 Å². The molecular weight excluding hydrogens is 341 g/mol. The summed E-state index contributed by atoms with van der Waals surface area (Å²) in [6, 6.07) is 10.8. The number of halogens is 4. The monoisotopic (exact) mass is 356 g/mol. The van der Waals surface area contributed by atoms with Gasteiger partial charge in [-0.3, -0.25) is 4.79 Å². The summed E-state index contributed by atoms with van der Waals surface area (Å²) in [5.74, 6) is -0.512. The third kappa shape index (κ3) is 5.16. The molecule has 0 bridgehead atoms. The molecule has 0 aliphatic rings. The second kappa shape index (κ2) is 7.57. The Kier molecular flexibility index (Phi) is 5.72. The molecular formula is C17H16ClF3N2O. The minimum absolute atomic E-state index is 0.0355. The standard InChI is InChI=1S/C17H16ClF3N2O/c1-11-2-5-13(6-3-11)22-9-8-16(24)23-15-7-4-12(18)10-14(15)17(19,20)21/h2-7,10,22H,8-9H2,1H3,(H,23,24). The molecule has 2 N–H and O–H groups in total. The number of rotatable bonds is 5. The van der Waals surface area contributed by atoms with Gasteiger partial charge in [-0.25, -0.2) is 0 Å². The van der Waals surface area contributed by atoms with Gasteiger partial charge in [-0.2, -0.15) is 13.2 Å². The van der Waals surface area contributed by atoms with Crippen LogP contribution in [0.1, 0.15) is 17.5 Å². The highest BCUT2D eigenvalue weighted by Gasteiger charge is 2.34. The second-order valence-electron chi connectivity index (χ2n) is 5.28. The number of carbonyl (C=O) groups excluding carboxylic acids is 1. The van der Waals surface area contributed by atoms with Crippen LogP contribution in [0.5, 0.6) is 0 Å². The Morgan fingerprint density at radius 3 is 2.42 bits per heavy atom. The largest absolute Gasteiger partial charge is 0.418 e. The molecule has 0 aliphatic carbocycles. The summed E-state index contributed by atoms with van der Waals surface area (Å²) in [7, 11) is 0. The Bertz CT molecular complexity index is 715. The molecule has 0 unspecified atom stereocenters. The van der Waals surface area contributed by atoms with Crippen molar-refractivity contribution in [3.63, 3.8) is 0 Å². The first-order valence-electron chi connectivity index (χ1n) is 7.23. The molecule has 0 fully saturated rings. The first kappa shape index (κ1) is 18.1. The van der Waals surface area contributed by atoms with Crippen LogP contribution in [0.3, 0.4) is 0 Å². The van der Waals surface area contributed by atoms with Crippen molar-refractivity contribution in [2.75, 3.05) is 17.2 Å². The lowest BCUT2D eigenvalue weighted by Crippen LogP contribution is -2.19. The van der Waals surface area contributed by atoms with Gasteiger partial charge in [-0.15, -0.1) is 0 Å². The maximum Gasteiger partial charge on any atom is 0.418 e. The SMILES string of the molecule is Cc1ccc(NCCC(=O)Nc2ccc(Cl)cc2C(F)(F)F)cc1. The van der Waals surface area contributed by atoms with E-state index in [9.17, 15) is 18.0 Å². The molecule has 2 aromatic rings. The fourth-order valence-electron chi connectivity index (χ4n) is 2.06. The molecule has 128 valence electrons. The number of aryl methyl sites for hydroxylation is 1. The van der Waals surface area contributed by atoms with Gasteiger partial charge < -0.3 is 10.6 Å². The zero-order chi connectivity index (χ0) is 17.7. The first-order chi connectivity index (χ1) is 11.3. The topological polar surface area (TPSA) is 41.1 Å². The molecule has 24 heavy (non-hydrogen) atoms. The van der Waals surface area contributed by atoms with E-state index in [4.69, 9.17) is 11.6 Å².